The van der Waals surface area contributed by atoms with Crippen LogP contribution in [0.5, 0.6) is 11.5 Å². The number of hydrogen-bond acceptors (Lipinski definition) is 3. The number of ether oxygens (including phenoxy) is 1. The highest BCUT2D eigenvalue weighted by molar-refractivity contribution is 7.86. The van der Waals surface area contributed by atoms with E-state index in [0.29, 0.717) is 29.9 Å². The van der Waals surface area contributed by atoms with Crippen LogP contribution in [0, 0.1) is 11.6 Å². The third-order valence-corrected chi connectivity index (χ3v) is 4.88. The molecular formula is C17H18F2O4S. The second kappa shape index (κ2) is 7.72. The Hall–Kier alpha value is -1.99. The maximum Gasteiger partial charge on any atom is 0.267 e. The Bertz CT molecular complexity index is 789. The third kappa shape index (κ3) is 5.28. The summed E-state index contributed by atoms with van der Waals surface area (Å²) in [6.07, 6.45) is 0.936. The molecule has 0 radical (unpaired) electrons. The molecule has 0 aromatic heterocycles. The summed E-state index contributed by atoms with van der Waals surface area (Å²) in [6.45, 7) is 1.40. The maximum absolute atomic E-state index is 13.8. The topological polar surface area (TPSA) is 63.6 Å². The molecule has 0 aliphatic heterocycles. The number of rotatable bonds is 7. The molecule has 0 bridgehead atoms. The lowest BCUT2D eigenvalue weighted by atomic mass is 10.1. The number of benzene rings is 2. The van der Waals surface area contributed by atoms with Crippen molar-refractivity contribution in [1.29, 1.82) is 0 Å². The van der Waals surface area contributed by atoms with Gasteiger partial charge in [0.1, 0.15) is 23.1 Å². The van der Waals surface area contributed by atoms with Crippen molar-refractivity contribution in [2.24, 2.45) is 0 Å². The number of halogens is 2. The van der Waals surface area contributed by atoms with Crippen LogP contribution in [0.4, 0.5) is 8.78 Å². The quantitative estimate of drug-likeness (QED) is 0.749. The average molecular weight is 356 g/mol. The van der Waals surface area contributed by atoms with Gasteiger partial charge in [-0.1, -0.05) is 0 Å². The molecule has 1 N–H and O–H groups in total. The summed E-state index contributed by atoms with van der Waals surface area (Å²) in [6, 6.07) is 9.70. The van der Waals surface area contributed by atoms with Gasteiger partial charge < -0.3 is 4.74 Å². The van der Waals surface area contributed by atoms with E-state index in [1.165, 1.54) is 49.4 Å². The molecule has 1 atom stereocenters. The van der Waals surface area contributed by atoms with Gasteiger partial charge in [0.25, 0.3) is 10.1 Å². The van der Waals surface area contributed by atoms with Gasteiger partial charge in [-0.3, -0.25) is 4.55 Å². The summed E-state index contributed by atoms with van der Waals surface area (Å²) in [5.74, 6) is 0.0332. The fraction of sp³-hybridized carbons (Fsp3) is 0.294. The van der Waals surface area contributed by atoms with Crippen LogP contribution in [0.15, 0.2) is 42.5 Å². The van der Waals surface area contributed by atoms with Crippen LogP contribution in [-0.2, 0) is 16.5 Å². The van der Waals surface area contributed by atoms with E-state index >= 15 is 0 Å². The Kier molecular flexibility index (Phi) is 5.90. The molecule has 4 nitrogen and oxygen atoms in total. The fourth-order valence-electron chi connectivity index (χ4n) is 2.17. The van der Waals surface area contributed by atoms with Crippen molar-refractivity contribution in [2.75, 3.05) is 0 Å². The third-order valence-electron chi connectivity index (χ3n) is 3.63. The van der Waals surface area contributed by atoms with E-state index in [1.54, 1.807) is 0 Å². The molecular weight excluding hydrogens is 338 g/mol. The first-order chi connectivity index (χ1) is 11.3. The highest BCUT2D eigenvalue weighted by Gasteiger charge is 2.17. The van der Waals surface area contributed by atoms with Gasteiger partial charge >= 0.3 is 0 Å². The predicted octanol–water partition coefficient (Wildman–Crippen LogP) is 4.36. The minimum atomic E-state index is -4.07. The van der Waals surface area contributed by atoms with Gasteiger partial charge in [0.2, 0.25) is 0 Å². The van der Waals surface area contributed by atoms with E-state index in [9.17, 15) is 17.2 Å². The summed E-state index contributed by atoms with van der Waals surface area (Å²) < 4.78 is 63.1. The molecule has 0 saturated carbocycles. The summed E-state index contributed by atoms with van der Waals surface area (Å²) >= 11 is 0. The number of hydrogen-bond donors (Lipinski definition) is 1. The second-order valence-electron chi connectivity index (χ2n) is 5.53. The minimum Gasteiger partial charge on any atom is -0.457 e. The Morgan fingerprint density at radius 3 is 2.33 bits per heavy atom. The smallest absolute Gasteiger partial charge is 0.267 e. The molecule has 0 aliphatic carbocycles. The molecule has 24 heavy (non-hydrogen) atoms. The zero-order valence-electron chi connectivity index (χ0n) is 13.1. The Morgan fingerprint density at radius 1 is 1.08 bits per heavy atom. The first-order valence-electron chi connectivity index (χ1n) is 7.44. The average Bonchev–Trinajstić information content (AvgIpc) is 2.51. The van der Waals surface area contributed by atoms with Gasteiger partial charge in [-0.2, -0.15) is 8.42 Å². The molecule has 0 spiro atoms. The second-order valence-corrected chi connectivity index (χ2v) is 7.36. The molecule has 130 valence electrons. The predicted molar refractivity (Wildman–Crippen MR) is 86.8 cm³/mol. The van der Waals surface area contributed by atoms with E-state index in [4.69, 9.17) is 9.29 Å². The molecule has 2 rings (SSSR count). The van der Waals surface area contributed by atoms with Crippen molar-refractivity contribution in [3.05, 3.63) is 59.7 Å². The van der Waals surface area contributed by atoms with Crippen molar-refractivity contribution in [3.63, 3.8) is 0 Å². The molecule has 0 aliphatic rings. The van der Waals surface area contributed by atoms with Gasteiger partial charge in [0, 0.05) is 0 Å². The van der Waals surface area contributed by atoms with Crippen molar-refractivity contribution in [3.8, 4) is 11.5 Å². The number of aryl methyl sites for hydroxylation is 1. The van der Waals surface area contributed by atoms with Crippen LogP contribution in [0.1, 0.15) is 25.3 Å². The Morgan fingerprint density at radius 2 is 1.71 bits per heavy atom. The highest BCUT2D eigenvalue weighted by atomic mass is 32.2. The van der Waals surface area contributed by atoms with Crippen molar-refractivity contribution >= 4 is 10.1 Å². The minimum absolute atomic E-state index is 0.224. The van der Waals surface area contributed by atoms with Crippen molar-refractivity contribution < 1.29 is 26.5 Å². The van der Waals surface area contributed by atoms with Crippen LogP contribution < -0.4 is 4.74 Å². The van der Waals surface area contributed by atoms with Crippen LogP contribution in [0.2, 0.25) is 0 Å². The lowest BCUT2D eigenvalue weighted by Gasteiger charge is -2.10. The molecule has 2 aromatic carbocycles. The zero-order valence-corrected chi connectivity index (χ0v) is 13.9. The molecule has 0 saturated heterocycles. The molecule has 0 amide bonds. The van der Waals surface area contributed by atoms with Crippen LogP contribution in [0.25, 0.3) is 0 Å². The van der Waals surface area contributed by atoms with E-state index < -0.39 is 21.2 Å². The molecule has 2 aromatic rings. The summed E-state index contributed by atoms with van der Waals surface area (Å²) in [4.78, 5) is 0. The lowest BCUT2D eigenvalue weighted by Crippen LogP contribution is -2.16. The van der Waals surface area contributed by atoms with E-state index in [0.717, 1.165) is 0 Å². The van der Waals surface area contributed by atoms with E-state index in [2.05, 4.69) is 0 Å². The highest BCUT2D eigenvalue weighted by Crippen LogP contribution is 2.25. The Balaban J connectivity index is 2.01. The van der Waals surface area contributed by atoms with Gasteiger partial charge in [-0.05, 0) is 74.2 Å². The molecule has 0 fully saturated rings. The zero-order chi connectivity index (χ0) is 17.7. The van der Waals surface area contributed by atoms with Crippen molar-refractivity contribution in [1.82, 2.24) is 0 Å². The van der Waals surface area contributed by atoms with Crippen LogP contribution >= 0.6 is 0 Å². The van der Waals surface area contributed by atoms with E-state index in [1.807, 2.05) is 0 Å². The Labute approximate surface area is 139 Å². The van der Waals surface area contributed by atoms with Gasteiger partial charge in [-0.15, -0.1) is 0 Å². The fourth-order valence-corrected chi connectivity index (χ4v) is 2.64. The largest absolute Gasteiger partial charge is 0.457 e. The summed E-state index contributed by atoms with van der Waals surface area (Å²) in [5, 5.41) is -0.890. The van der Waals surface area contributed by atoms with Crippen LogP contribution in [0.3, 0.4) is 0 Å². The summed E-state index contributed by atoms with van der Waals surface area (Å²) in [5.41, 5.74) is 0.386. The molecule has 7 heteroatoms. The van der Waals surface area contributed by atoms with Gasteiger partial charge in [0.15, 0.2) is 0 Å². The standard InChI is InChI=1S/C17H18F2O4S/c1-12(24(20,21)22)3-2-4-13-11-16(9-10-17(13)19)23-15-7-5-14(18)6-8-15/h5-12H,2-4H2,1H3,(H,20,21,22). The molecule has 1 unspecified atom stereocenters. The molecule has 0 heterocycles. The van der Waals surface area contributed by atoms with Gasteiger partial charge in [-0.25, -0.2) is 8.78 Å². The normalized spacial score (nSPS) is 12.8. The lowest BCUT2D eigenvalue weighted by molar-refractivity contribution is 0.463. The van der Waals surface area contributed by atoms with E-state index in [-0.39, 0.29) is 12.2 Å². The monoisotopic (exact) mass is 356 g/mol. The first kappa shape index (κ1) is 18.4. The summed E-state index contributed by atoms with van der Waals surface area (Å²) in [7, 11) is -4.07. The maximum atomic E-state index is 13.8. The van der Waals surface area contributed by atoms with Crippen LogP contribution in [-0.4, -0.2) is 18.2 Å². The van der Waals surface area contributed by atoms with Crippen molar-refractivity contribution in [2.45, 2.75) is 31.4 Å². The first-order valence-corrected chi connectivity index (χ1v) is 8.94. The van der Waals surface area contributed by atoms with Gasteiger partial charge in [0.05, 0.1) is 5.25 Å². The SMILES string of the molecule is CC(CCCc1cc(Oc2ccc(F)cc2)ccc1F)S(=O)(=O)O.